The molecule has 148 valence electrons. The Hall–Kier alpha value is -1.39. The molecule has 1 fully saturated rings. The molecule has 0 aliphatic heterocycles. The fourth-order valence-corrected chi connectivity index (χ4v) is 3.65. The zero-order valence-electron chi connectivity index (χ0n) is 16.4. The zero-order valence-corrected chi connectivity index (χ0v) is 16.4. The molecule has 0 spiro atoms. The summed E-state index contributed by atoms with van der Waals surface area (Å²) in [6, 6.07) is 0. The Morgan fingerprint density at radius 1 is 1.27 bits per heavy atom. The topological polar surface area (TPSA) is 77.8 Å². The van der Waals surface area contributed by atoms with Gasteiger partial charge in [-0.3, -0.25) is 0 Å². The molecule has 0 saturated heterocycles. The first-order valence-corrected chi connectivity index (χ1v) is 9.95. The van der Waals surface area contributed by atoms with Gasteiger partial charge < -0.3 is 15.3 Å². The smallest absolute Gasteiger partial charge is 0.364 e. The standard InChI is InChI=1S/C22H36O4/c1-4-10-17(2)11-7-8-12-19-15-14-18(3)20(19)13-6-5-9-16-22(25,26)21(23)24/h5-6,8,12,17,19-20,25-26H,3-4,7,9-11,13-16H2,1-2H3,(H,23,24)/b6-5+,12-8+/t17?,19-,20-/m0/s1. The van der Waals surface area contributed by atoms with E-state index in [1.54, 1.807) is 0 Å². The van der Waals surface area contributed by atoms with Gasteiger partial charge in [0.05, 0.1) is 0 Å². The molecule has 1 saturated carbocycles. The van der Waals surface area contributed by atoms with Gasteiger partial charge in [0.1, 0.15) is 0 Å². The molecule has 1 rings (SSSR count). The molecule has 1 aliphatic carbocycles. The second-order valence-corrected chi connectivity index (χ2v) is 7.73. The lowest BCUT2D eigenvalue weighted by Crippen LogP contribution is -2.37. The van der Waals surface area contributed by atoms with Crippen molar-refractivity contribution in [1.29, 1.82) is 0 Å². The van der Waals surface area contributed by atoms with Crippen molar-refractivity contribution in [2.75, 3.05) is 0 Å². The highest BCUT2D eigenvalue weighted by Crippen LogP contribution is 2.39. The molecule has 4 heteroatoms. The van der Waals surface area contributed by atoms with Crippen molar-refractivity contribution in [3.63, 3.8) is 0 Å². The molecule has 4 nitrogen and oxygen atoms in total. The van der Waals surface area contributed by atoms with Crippen LogP contribution in [-0.4, -0.2) is 27.1 Å². The lowest BCUT2D eigenvalue weighted by Gasteiger charge is -2.16. The van der Waals surface area contributed by atoms with E-state index in [-0.39, 0.29) is 6.42 Å². The number of carbonyl (C=O) groups is 1. The summed E-state index contributed by atoms with van der Waals surface area (Å²) in [5, 5.41) is 27.2. The van der Waals surface area contributed by atoms with Crippen LogP contribution in [0.2, 0.25) is 0 Å². The molecule has 1 unspecified atom stereocenters. The molecule has 0 aromatic rings. The van der Waals surface area contributed by atoms with Gasteiger partial charge in [-0.25, -0.2) is 4.79 Å². The summed E-state index contributed by atoms with van der Waals surface area (Å²) in [5.41, 5.74) is 1.29. The van der Waals surface area contributed by atoms with Crippen LogP contribution < -0.4 is 0 Å². The van der Waals surface area contributed by atoms with Crippen molar-refractivity contribution in [3.05, 3.63) is 36.5 Å². The molecule has 0 radical (unpaired) electrons. The molecule has 0 heterocycles. The Bertz CT molecular complexity index is 504. The van der Waals surface area contributed by atoms with Crippen LogP contribution in [0.1, 0.15) is 71.6 Å². The van der Waals surface area contributed by atoms with Crippen LogP contribution in [-0.2, 0) is 4.79 Å². The molecule has 1 aliphatic rings. The van der Waals surface area contributed by atoms with Crippen LogP contribution in [0, 0.1) is 17.8 Å². The number of hydrogen-bond acceptors (Lipinski definition) is 3. The van der Waals surface area contributed by atoms with E-state index in [9.17, 15) is 15.0 Å². The van der Waals surface area contributed by atoms with Crippen molar-refractivity contribution >= 4 is 5.97 Å². The largest absolute Gasteiger partial charge is 0.477 e. The van der Waals surface area contributed by atoms with Crippen LogP contribution in [0.4, 0.5) is 0 Å². The summed E-state index contributed by atoms with van der Waals surface area (Å²) >= 11 is 0. The monoisotopic (exact) mass is 364 g/mol. The Kier molecular flexibility index (Phi) is 9.89. The van der Waals surface area contributed by atoms with Crippen LogP contribution in [0.5, 0.6) is 0 Å². The molecule has 0 amide bonds. The quantitative estimate of drug-likeness (QED) is 0.342. The van der Waals surface area contributed by atoms with Gasteiger partial charge in [0, 0.05) is 6.42 Å². The van der Waals surface area contributed by atoms with Gasteiger partial charge in [-0.1, -0.05) is 63.1 Å². The summed E-state index contributed by atoms with van der Waals surface area (Å²) in [6.07, 6.45) is 16.7. The molecule has 0 aromatic carbocycles. The second-order valence-electron chi connectivity index (χ2n) is 7.73. The first-order valence-electron chi connectivity index (χ1n) is 9.95. The second kappa shape index (κ2) is 11.3. The molecule has 3 N–H and O–H groups in total. The minimum absolute atomic E-state index is 0.205. The Labute approximate surface area is 158 Å². The third kappa shape index (κ3) is 7.88. The lowest BCUT2D eigenvalue weighted by atomic mass is 9.89. The van der Waals surface area contributed by atoms with E-state index in [4.69, 9.17) is 5.11 Å². The normalized spacial score (nSPS) is 22.5. The number of hydrogen-bond donors (Lipinski definition) is 3. The lowest BCUT2D eigenvalue weighted by molar-refractivity contribution is -0.205. The third-order valence-corrected chi connectivity index (χ3v) is 5.39. The van der Waals surface area contributed by atoms with Crippen LogP contribution in [0.25, 0.3) is 0 Å². The maximum atomic E-state index is 10.6. The van der Waals surface area contributed by atoms with Gasteiger partial charge >= 0.3 is 5.97 Å². The van der Waals surface area contributed by atoms with Crippen molar-refractivity contribution in [2.24, 2.45) is 17.8 Å². The van der Waals surface area contributed by atoms with Gasteiger partial charge in [-0.05, 0) is 56.3 Å². The summed E-state index contributed by atoms with van der Waals surface area (Å²) in [6.45, 7) is 8.76. The average molecular weight is 365 g/mol. The number of carboxylic acids is 1. The Morgan fingerprint density at radius 2 is 2.00 bits per heavy atom. The first-order chi connectivity index (χ1) is 12.3. The molecule has 26 heavy (non-hydrogen) atoms. The van der Waals surface area contributed by atoms with E-state index in [0.29, 0.717) is 18.3 Å². The zero-order chi connectivity index (χ0) is 19.6. The van der Waals surface area contributed by atoms with Crippen molar-refractivity contribution < 1.29 is 20.1 Å². The average Bonchev–Trinajstić information content (AvgIpc) is 2.91. The fraction of sp³-hybridized carbons (Fsp3) is 0.682. The van der Waals surface area contributed by atoms with Crippen LogP contribution in [0.3, 0.4) is 0 Å². The highest BCUT2D eigenvalue weighted by molar-refractivity contribution is 5.74. The van der Waals surface area contributed by atoms with E-state index in [2.05, 4.69) is 32.6 Å². The third-order valence-electron chi connectivity index (χ3n) is 5.39. The highest BCUT2D eigenvalue weighted by Gasteiger charge is 2.31. The predicted molar refractivity (Wildman–Crippen MR) is 106 cm³/mol. The van der Waals surface area contributed by atoms with E-state index < -0.39 is 11.8 Å². The van der Waals surface area contributed by atoms with Gasteiger partial charge in [-0.15, -0.1) is 0 Å². The number of carboxylic acid groups (broad SMARTS) is 1. The fourth-order valence-electron chi connectivity index (χ4n) is 3.65. The van der Waals surface area contributed by atoms with Gasteiger partial charge in [0.2, 0.25) is 0 Å². The Balaban J connectivity index is 2.40. The number of aliphatic hydroxyl groups is 2. The van der Waals surface area contributed by atoms with Crippen molar-refractivity contribution in [2.45, 2.75) is 77.4 Å². The molecule has 0 aromatic heterocycles. The van der Waals surface area contributed by atoms with E-state index in [0.717, 1.165) is 31.6 Å². The van der Waals surface area contributed by atoms with Crippen LogP contribution in [0.15, 0.2) is 36.5 Å². The van der Waals surface area contributed by atoms with Crippen molar-refractivity contribution in [1.82, 2.24) is 0 Å². The maximum Gasteiger partial charge on any atom is 0.364 e. The number of aliphatic carboxylic acids is 1. The van der Waals surface area contributed by atoms with E-state index >= 15 is 0 Å². The van der Waals surface area contributed by atoms with Gasteiger partial charge in [0.25, 0.3) is 5.79 Å². The van der Waals surface area contributed by atoms with Gasteiger partial charge in [0.15, 0.2) is 0 Å². The summed E-state index contributed by atoms with van der Waals surface area (Å²) in [4.78, 5) is 10.6. The summed E-state index contributed by atoms with van der Waals surface area (Å²) < 4.78 is 0. The summed E-state index contributed by atoms with van der Waals surface area (Å²) in [7, 11) is 0. The molecular formula is C22H36O4. The van der Waals surface area contributed by atoms with Gasteiger partial charge in [-0.2, -0.15) is 0 Å². The maximum absolute atomic E-state index is 10.6. The minimum Gasteiger partial charge on any atom is -0.477 e. The number of rotatable bonds is 12. The van der Waals surface area contributed by atoms with E-state index in [1.165, 1.54) is 24.8 Å². The molecule has 3 atom stereocenters. The summed E-state index contributed by atoms with van der Waals surface area (Å²) in [5.74, 6) is -2.49. The predicted octanol–water partition coefficient (Wildman–Crippen LogP) is 4.83. The highest BCUT2D eigenvalue weighted by atomic mass is 16.5. The Morgan fingerprint density at radius 3 is 2.65 bits per heavy atom. The first kappa shape index (κ1) is 22.7. The number of allylic oxidation sites excluding steroid dienone is 5. The molecule has 0 bridgehead atoms. The SMILES string of the molecule is C=C1CC[C@H](/C=C/CCC(C)CCC)[C@H]1C/C=C/CCC(O)(O)C(=O)O. The van der Waals surface area contributed by atoms with Crippen LogP contribution >= 0.6 is 0 Å². The minimum atomic E-state index is -2.64. The molecular weight excluding hydrogens is 328 g/mol. The van der Waals surface area contributed by atoms with E-state index in [1.807, 2.05) is 12.2 Å². The van der Waals surface area contributed by atoms with Crippen molar-refractivity contribution in [3.8, 4) is 0 Å².